The zero-order valence-corrected chi connectivity index (χ0v) is 8.76. The number of carbonyl (C=O) groups excluding carboxylic acids is 1. The van der Waals surface area contributed by atoms with Crippen LogP contribution in [0.2, 0.25) is 0 Å². The highest BCUT2D eigenvalue weighted by Crippen LogP contribution is 2.09. The molecule has 4 N–H and O–H groups in total. The number of carboxylic acids is 1. The Labute approximate surface area is 91.1 Å². The molecule has 0 atom stereocenters. The van der Waals surface area contributed by atoms with Crippen LogP contribution in [0.15, 0.2) is 6.20 Å². The lowest BCUT2D eigenvalue weighted by Crippen LogP contribution is -2.28. The lowest BCUT2D eigenvalue weighted by atomic mass is 10.3. The molecule has 0 aliphatic heterocycles. The van der Waals surface area contributed by atoms with Gasteiger partial charge in [0.2, 0.25) is 5.95 Å². The quantitative estimate of drug-likeness (QED) is 0.643. The van der Waals surface area contributed by atoms with Crippen molar-refractivity contribution in [1.29, 1.82) is 0 Å². The van der Waals surface area contributed by atoms with E-state index in [4.69, 9.17) is 10.8 Å². The number of aromatic nitrogens is 2. The molecule has 2 amide bonds. The number of nitrogens with two attached hydrogens (primary N) is 1. The summed E-state index contributed by atoms with van der Waals surface area (Å²) in [6.45, 7) is 0. The Morgan fingerprint density at radius 3 is 2.56 bits per heavy atom. The Morgan fingerprint density at radius 1 is 1.50 bits per heavy atom. The van der Waals surface area contributed by atoms with E-state index in [1.54, 1.807) is 14.1 Å². The molecule has 8 nitrogen and oxygen atoms in total. The van der Waals surface area contributed by atoms with Gasteiger partial charge in [0.15, 0.2) is 0 Å². The second-order valence-electron chi connectivity index (χ2n) is 3.12. The van der Waals surface area contributed by atoms with Crippen molar-refractivity contribution in [2.75, 3.05) is 25.1 Å². The average molecular weight is 225 g/mol. The molecule has 0 fully saturated rings. The predicted molar refractivity (Wildman–Crippen MR) is 56.1 cm³/mol. The van der Waals surface area contributed by atoms with E-state index in [0.717, 1.165) is 6.20 Å². The smallest absolute Gasteiger partial charge is 0.341 e. The van der Waals surface area contributed by atoms with E-state index in [1.807, 2.05) is 0 Å². The molecule has 0 bridgehead atoms. The van der Waals surface area contributed by atoms with Gasteiger partial charge in [0.1, 0.15) is 11.4 Å². The highest BCUT2D eigenvalue weighted by Gasteiger charge is 2.12. The second-order valence-corrected chi connectivity index (χ2v) is 3.12. The largest absolute Gasteiger partial charge is 0.477 e. The highest BCUT2D eigenvalue weighted by molar-refractivity contribution is 5.93. The van der Waals surface area contributed by atoms with E-state index in [-0.39, 0.29) is 17.3 Å². The van der Waals surface area contributed by atoms with Gasteiger partial charge in [-0.1, -0.05) is 0 Å². The fourth-order valence-corrected chi connectivity index (χ4v) is 0.827. The lowest BCUT2D eigenvalue weighted by Gasteiger charge is -2.10. The molecule has 1 heterocycles. The molecule has 0 aliphatic carbocycles. The number of nitrogens with one attached hydrogen (secondary N) is 1. The summed E-state index contributed by atoms with van der Waals surface area (Å²) in [4.78, 5) is 30.4. The van der Waals surface area contributed by atoms with Crippen LogP contribution in [0.1, 0.15) is 10.4 Å². The molecule has 0 spiro atoms. The van der Waals surface area contributed by atoms with E-state index < -0.39 is 12.0 Å². The number of hydrogen-bond donors (Lipinski definition) is 3. The molecule has 16 heavy (non-hydrogen) atoms. The monoisotopic (exact) mass is 225 g/mol. The third kappa shape index (κ3) is 2.56. The molecule has 8 heteroatoms. The molecule has 0 aromatic carbocycles. The maximum Gasteiger partial charge on any atom is 0.341 e. The second kappa shape index (κ2) is 4.43. The molecule has 0 radical (unpaired) electrons. The Kier molecular flexibility index (Phi) is 3.24. The number of carbonyl (C=O) groups is 2. The maximum absolute atomic E-state index is 11.2. The summed E-state index contributed by atoms with van der Waals surface area (Å²) >= 11 is 0. The van der Waals surface area contributed by atoms with Crippen molar-refractivity contribution in [2.45, 2.75) is 0 Å². The fourth-order valence-electron chi connectivity index (χ4n) is 0.827. The molecule has 0 saturated heterocycles. The summed E-state index contributed by atoms with van der Waals surface area (Å²) in [5.74, 6) is -1.46. The number of hydrogen-bond acceptors (Lipinski definition) is 5. The van der Waals surface area contributed by atoms with Crippen LogP contribution in [0.5, 0.6) is 0 Å². The van der Waals surface area contributed by atoms with Crippen LogP contribution in [-0.2, 0) is 0 Å². The zero-order chi connectivity index (χ0) is 12.3. The van der Waals surface area contributed by atoms with Crippen LogP contribution in [0.25, 0.3) is 0 Å². The molecule has 0 unspecified atom stereocenters. The first-order valence-corrected chi connectivity index (χ1v) is 4.26. The summed E-state index contributed by atoms with van der Waals surface area (Å²) in [5, 5.41) is 11.0. The molecular formula is C8H11N5O3. The highest BCUT2D eigenvalue weighted by atomic mass is 16.4. The molecule has 86 valence electrons. The molecule has 0 saturated carbocycles. The van der Waals surface area contributed by atoms with Gasteiger partial charge in [0, 0.05) is 20.3 Å². The Balaban J connectivity index is 2.90. The normalized spacial score (nSPS) is 9.62. The van der Waals surface area contributed by atoms with Gasteiger partial charge in [-0.15, -0.1) is 0 Å². The van der Waals surface area contributed by atoms with E-state index in [0.29, 0.717) is 0 Å². The third-order valence-corrected chi connectivity index (χ3v) is 1.67. The Hall–Kier alpha value is -2.38. The number of aromatic carboxylic acids is 1. The fraction of sp³-hybridized carbons (Fsp3) is 0.250. The Bertz CT molecular complexity index is 432. The molecule has 1 aromatic heterocycles. The third-order valence-electron chi connectivity index (χ3n) is 1.67. The topological polar surface area (TPSA) is 121 Å². The van der Waals surface area contributed by atoms with Crippen LogP contribution >= 0.6 is 0 Å². The molecular weight excluding hydrogens is 214 g/mol. The summed E-state index contributed by atoms with van der Waals surface area (Å²) in [7, 11) is 3.09. The van der Waals surface area contributed by atoms with Crippen molar-refractivity contribution in [1.82, 2.24) is 14.9 Å². The first kappa shape index (κ1) is 11.7. The number of urea groups is 1. The van der Waals surface area contributed by atoms with Crippen LogP contribution < -0.4 is 11.1 Å². The molecule has 1 rings (SSSR count). The molecule has 0 aliphatic rings. The number of nitrogens with zero attached hydrogens (tertiary/aromatic N) is 3. The maximum atomic E-state index is 11.2. The summed E-state index contributed by atoms with van der Waals surface area (Å²) in [5.41, 5.74) is 5.17. The first-order valence-electron chi connectivity index (χ1n) is 4.26. The molecule has 1 aromatic rings. The van der Waals surface area contributed by atoms with Crippen LogP contribution in [0.3, 0.4) is 0 Å². The van der Waals surface area contributed by atoms with Gasteiger partial charge < -0.3 is 15.7 Å². The minimum Gasteiger partial charge on any atom is -0.477 e. The standard InChI is InChI=1S/C8H11N5O3/c1-13(2)8(16)12-7-10-3-4(6(14)15)5(9)11-7/h3H,1-2H3,(H,14,15)(H3,9,10,11,12,16). The number of rotatable bonds is 2. The van der Waals surface area contributed by atoms with Crippen LogP contribution in [0.4, 0.5) is 16.6 Å². The van der Waals surface area contributed by atoms with Crippen molar-refractivity contribution in [3.05, 3.63) is 11.8 Å². The van der Waals surface area contributed by atoms with E-state index in [2.05, 4.69) is 15.3 Å². The number of carboxylic acid groups (broad SMARTS) is 1. The number of nitrogen functional groups attached to an aromatic ring is 1. The van der Waals surface area contributed by atoms with E-state index in [9.17, 15) is 9.59 Å². The van der Waals surface area contributed by atoms with Crippen molar-refractivity contribution >= 4 is 23.8 Å². The average Bonchev–Trinajstić information content (AvgIpc) is 2.16. The van der Waals surface area contributed by atoms with Crippen molar-refractivity contribution < 1.29 is 14.7 Å². The zero-order valence-electron chi connectivity index (χ0n) is 8.76. The van der Waals surface area contributed by atoms with Gasteiger partial charge in [-0.3, -0.25) is 5.32 Å². The van der Waals surface area contributed by atoms with Crippen molar-refractivity contribution in [2.24, 2.45) is 0 Å². The van der Waals surface area contributed by atoms with Crippen LogP contribution in [0, 0.1) is 0 Å². The summed E-state index contributed by atoms with van der Waals surface area (Å²) in [6.07, 6.45) is 1.04. The van der Waals surface area contributed by atoms with Gasteiger partial charge in [0.05, 0.1) is 0 Å². The summed E-state index contributed by atoms with van der Waals surface area (Å²) < 4.78 is 0. The van der Waals surface area contributed by atoms with E-state index >= 15 is 0 Å². The van der Waals surface area contributed by atoms with Gasteiger partial charge >= 0.3 is 12.0 Å². The number of anilines is 2. The summed E-state index contributed by atoms with van der Waals surface area (Å²) in [6, 6.07) is -0.428. The SMILES string of the molecule is CN(C)C(=O)Nc1ncc(C(=O)O)c(N)n1. The van der Waals surface area contributed by atoms with Gasteiger partial charge in [0.25, 0.3) is 0 Å². The van der Waals surface area contributed by atoms with Crippen molar-refractivity contribution in [3.63, 3.8) is 0 Å². The van der Waals surface area contributed by atoms with Gasteiger partial charge in [-0.25, -0.2) is 14.6 Å². The van der Waals surface area contributed by atoms with Gasteiger partial charge in [-0.05, 0) is 0 Å². The minimum absolute atomic E-state index is 0.0406. The van der Waals surface area contributed by atoms with Crippen LogP contribution in [-0.4, -0.2) is 46.1 Å². The minimum atomic E-state index is -1.22. The lowest BCUT2D eigenvalue weighted by molar-refractivity contribution is 0.0697. The van der Waals surface area contributed by atoms with Crippen molar-refractivity contribution in [3.8, 4) is 0 Å². The first-order chi connectivity index (χ1) is 7.41. The number of amides is 2. The Morgan fingerprint density at radius 2 is 2.12 bits per heavy atom. The van der Waals surface area contributed by atoms with E-state index in [1.165, 1.54) is 4.90 Å². The predicted octanol–water partition coefficient (Wildman–Crippen LogP) is -0.150. The van der Waals surface area contributed by atoms with Gasteiger partial charge in [-0.2, -0.15) is 4.98 Å².